The second-order valence-corrected chi connectivity index (χ2v) is 7.12. The van der Waals surface area contributed by atoms with Gasteiger partial charge in [0.1, 0.15) is 0 Å². The van der Waals surface area contributed by atoms with Crippen molar-refractivity contribution < 1.29 is 0 Å². The fourth-order valence-electron chi connectivity index (χ4n) is 3.67. The quantitative estimate of drug-likeness (QED) is 0.555. The summed E-state index contributed by atoms with van der Waals surface area (Å²) >= 11 is 1.55. The number of aromatic amines is 1. The van der Waals surface area contributed by atoms with Crippen LogP contribution in [0.5, 0.6) is 0 Å². The maximum absolute atomic E-state index is 4.63. The third kappa shape index (κ3) is 2.46. The van der Waals surface area contributed by atoms with E-state index in [1.807, 2.05) is 12.3 Å². The summed E-state index contributed by atoms with van der Waals surface area (Å²) in [5.74, 6) is 0.771. The Labute approximate surface area is 149 Å². The minimum atomic E-state index is 0.337. The summed E-state index contributed by atoms with van der Waals surface area (Å²) in [6, 6.07) is 10.8. The summed E-state index contributed by atoms with van der Waals surface area (Å²) in [6.07, 6.45) is 6.86. The van der Waals surface area contributed by atoms with Gasteiger partial charge >= 0.3 is 0 Å². The SMILES string of the molecule is CSc1nc(NC2CCc3[nH]c4ccccc4c3C2)n2nccc2n1. The van der Waals surface area contributed by atoms with Gasteiger partial charge in [-0.3, -0.25) is 0 Å². The Morgan fingerprint density at radius 1 is 1.24 bits per heavy atom. The molecule has 1 unspecified atom stereocenters. The fourth-order valence-corrected chi connectivity index (χ4v) is 4.03. The van der Waals surface area contributed by atoms with Crippen molar-refractivity contribution in [1.82, 2.24) is 24.6 Å². The van der Waals surface area contributed by atoms with Crippen LogP contribution in [0.4, 0.5) is 5.95 Å². The van der Waals surface area contributed by atoms with E-state index >= 15 is 0 Å². The van der Waals surface area contributed by atoms with Gasteiger partial charge in [0.05, 0.1) is 6.20 Å². The van der Waals surface area contributed by atoms with Crippen molar-refractivity contribution in [2.24, 2.45) is 0 Å². The van der Waals surface area contributed by atoms with Crippen molar-refractivity contribution >= 4 is 34.3 Å². The van der Waals surface area contributed by atoms with E-state index in [0.29, 0.717) is 6.04 Å². The summed E-state index contributed by atoms with van der Waals surface area (Å²) < 4.78 is 1.78. The molecule has 0 saturated carbocycles. The highest BCUT2D eigenvalue weighted by atomic mass is 32.2. The molecule has 0 fully saturated rings. The molecule has 0 aliphatic heterocycles. The maximum Gasteiger partial charge on any atom is 0.228 e. The zero-order chi connectivity index (χ0) is 16.8. The average Bonchev–Trinajstić information content (AvgIpc) is 3.25. The molecule has 7 heteroatoms. The number of para-hydroxylation sites is 1. The van der Waals surface area contributed by atoms with E-state index < -0.39 is 0 Å². The number of nitrogens with one attached hydrogen (secondary N) is 2. The molecule has 1 aromatic carbocycles. The molecule has 0 spiro atoms. The number of fused-ring (bicyclic) bond motifs is 4. The van der Waals surface area contributed by atoms with Gasteiger partial charge in [-0.05, 0) is 37.1 Å². The molecule has 126 valence electrons. The van der Waals surface area contributed by atoms with Gasteiger partial charge in [-0.1, -0.05) is 30.0 Å². The predicted molar refractivity (Wildman–Crippen MR) is 100 cm³/mol. The van der Waals surface area contributed by atoms with Crippen LogP contribution < -0.4 is 5.32 Å². The van der Waals surface area contributed by atoms with E-state index in [2.05, 4.69) is 49.6 Å². The maximum atomic E-state index is 4.63. The molecule has 6 nitrogen and oxygen atoms in total. The van der Waals surface area contributed by atoms with E-state index in [4.69, 9.17) is 0 Å². The Hall–Kier alpha value is -2.54. The molecule has 0 bridgehead atoms. The molecule has 3 heterocycles. The molecule has 4 aromatic rings. The number of hydrogen-bond acceptors (Lipinski definition) is 5. The first-order chi connectivity index (χ1) is 12.3. The smallest absolute Gasteiger partial charge is 0.228 e. The molecule has 3 aromatic heterocycles. The van der Waals surface area contributed by atoms with E-state index in [1.165, 1.54) is 22.2 Å². The molecular weight excluding hydrogens is 332 g/mol. The molecule has 1 aliphatic rings. The Kier molecular flexibility index (Phi) is 3.41. The Bertz CT molecular complexity index is 1070. The summed E-state index contributed by atoms with van der Waals surface area (Å²) in [5.41, 5.74) is 4.85. The van der Waals surface area contributed by atoms with Crippen molar-refractivity contribution in [3.63, 3.8) is 0 Å². The van der Waals surface area contributed by atoms with Gasteiger partial charge in [0.15, 0.2) is 10.8 Å². The van der Waals surface area contributed by atoms with Crippen molar-refractivity contribution in [2.75, 3.05) is 11.6 Å². The molecule has 0 radical (unpaired) electrons. The number of nitrogens with zero attached hydrogens (tertiary/aromatic N) is 4. The summed E-state index contributed by atoms with van der Waals surface area (Å²) in [4.78, 5) is 12.7. The van der Waals surface area contributed by atoms with Gasteiger partial charge < -0.3 is 10.3 Å². The van der Waals surface area contributed by atoms with Crippen molar-refractivity contribution in [3.05, 3.63) is 47.8 Å². The monoisotopic (exact) mass is 350 g/mol. The number of anilines is 1. The lowest BCUT2D eigenvalue weighted by atomic mass is 9.91. The minimum Gasteiger partial charge on any atom is -0.358 e. The highest BCUT2D eigenvalue weighted by Gasteiger charge is 2.23. The number of hydrogen-bond donors (Lipinski definition) is 2. The molecule has 1 aliphatic carbocycles. The van der Waals surface area contributed by atoms with Crippen LogP contribution in [0.2, 0.25) is 0 Å². The first kappa shape index (κ1) is 14.8. The van der Waals surface area contributed by atoms with E-state index in [0.717, 1.165) is 36.0 Å². The van der Waals surface area contributed by atoms with Crippen molar-refractivity contribution in [1.29, 1.82) is 0 Å². The lowest BCUT2D eigenvalue weighted by Crippen LogP contribution is -2.29. The number of H-pyrrole nitrogens is 1. The largest absolute Gasteiger partial charge is 0.358 e. The lowest BCUT2D eigenvalue weighted by molar-refractivity contribution is 0.597. The number of thioether (sulfide) groups is 1. The number of benzene rings is 1. The van der Waals surface area contributed by atoms with Crippen LogP contribution in [0, 0.1) is 0 Å². The zero-order valence-electron chi connectivity index (χ0n) is 13.9. The number of rotatable bonds is 3. The van der Waals surface area contributed by atoms with Gasteiger partial charge in [-0.2, -0.15) is 14.6 Å². The van der Waals surface area contributed by atoms with Crippen LogP contribution in [0.15, 0.2) is 41.7 Å². The number of aryl methyl sites for hydroxylation is 1. The van der Waals surface area contributed by atoms with Crippen molar-refractivity contribution in [3.8, 4) is 0 Å². The molecule has 1 atom stereocenters. The second kappa shape index (κ2) is 5.77. The Morgan fingerprint density at radius 3 is 3.08 bits per heavy atom. The molecule has 2 N–H and O–H groups in total. The summed E-state index contributed by atoms with van der Waals surface area (Å²) in [5, 5.41) is 10.1. The first-order valence-corrected chi connectivity index (χ1v) is 9.65. The van der Waals surface area contributed by atoms with Crippen LogP contribution in [-0.2, 0) is 12.8 Å². The normalized spacial score (nSPS) is 17.1. The highest BCUT2D eigenvalue weighted by Crippen LogP contribution is 2.30. The molecule has 25 heavy (non-hydrogen) atoms. The molecular formula is C18H18N6S. The van der Waals surface area contributed by atoms with Crippen molar-refractivity contribution in [2.45, 2.75) is 30.5 Å². The highest BCUT2D eigenvalue weighted by molar-refractivity contribution is 7.98. The van der Waals surface area contributed by atoms with Crippen LogP contribution in [0.1, 0.15) is 17.7 Å². The summed E-state index contributed by atoms with van der Waals surface area (Å²) in [6.45, 7) is 0. The van der Waals surface area contributed by atoms with Crippen LogP contribution in [0.3, 0.4) is 0 Å². The molecule has 5 rings (SSSR count). The molecule has 0 amide bonds. The van der Waals surface area contributed by atoms with E-state index in [1.54, 1.807) is 22.5 Å². The fraction of sp³-hybridized carbons (Fsp3) is 0.278. The van der Waals surface area contributed by atoms with Gasteiger partial charge in [0.25, 0.3) is 0 Å². The minimum absolute atomic E-state index is 0.337. The van der Waals surface area contributed by atoms with E-state index in [9.17, 15) is 0 Å². The summed E-state index contributed by atoms with van der Waals surface area (Å²) in [7, 11) is 0. The van der Waals surface area contributed by atoms with Gasteiger partial charge in [-0.25, -0.2) is 4.98 Å². The Morgan fingerprint density at radius 2 is 2.16 bits per heavy atom. The zero-order valence-corrected chi connectivity index (χ0v) is 14.7. The van der Waals surface area contributed by atoms with Crippen LogP contribution in [-0.4, -0.2) is 36.9 Å². The molecule has 0 saturated heterocycles. The predicted octanol–water partition coefficient (Wildman–Crippen LogP) is 3.30. The third-order valence-electron chi connectivity index (χ3n) is 4.85. The topological polar surface area (TPSA) is 70.9 Å². The first-order valence-electron chi connectivity index (χ1n) is 8.42. The number of aromatic nitrogens is 5. The second-order valence-electron chi connectivity index (χ2n) is 6.35. The standard InChI is InChI=1S/C18H18N6S/c1-25-18-22-16-8-9-19-24(16)17(23-18)20-11-6-7-15-13(10-11)12-4-2-3-5-14(12)21-15/h2-5,8-9,11,21H,6-7,10H2,1H3,(H,20,22,23). The van der Waals surface area contributed by atoms with Gasteiger partial charge in [-0.15, -0.1) is 0 Å². The average molecular weight is 350 g/mol. The van der Waals surface area contributed by atoms with Crippen LogP contribution in [0.25, 0.3) is 16.6 Å². The lowest BCUT2D eigenvalue weighted by Gasteiger charge is -2.24. The Balaban J connectivity index is 1.49. The van der Waals surface area contributed by atoms with Gasteiger partial charge in [0, 0.05) is 28.7 Å². The third-order valence-corrected chi connectivity index (χ3v) is 5.39. The van der Waals surface area contributed by atoms with Gasteiger partial charge in [0.2, 0.25) is 5.95 Å². The van der Waals surface area contributed by atoms with Crippen LogP contribution >= 0.6 is 11.8 Å². The van der Waals surface area contributed by atoms with E-state index in [-0.39, 0.29) is 0 Å².